The minimum atomic E-state index is -3.08. The number of alkyl halides is 2. The number of amides is 3. The Morgan fingerprint density at radius 3 is 0.970 bits per heavy atom. The van der Waals surface area contributed by atoms with Gasteiger partial charge in [0.05, 0.1) is 55.4 Å². The minimum Gasteiger partial charge on any atom is -0.393 e. The van der Waals surface area contributed by atoms with E-state index in [9.17, 15) is 36.7 Å². The quantitative estimate of drug-likeness (QED) is 0.106. The van der Waals surface area contributed by atoms with E-state index in [0.29, 0.717) is 134 Å². The van der Waals surface area contributed by atoms with Gasteiger partial charge in [0.1, 0.15) is 53.8 Å². The molecule has 3 aliphatic heterocycles. The summed E-state index contributed by atoms with van der Waals surface area (Å²) in [5, 5.41) is 53.4. The summed E-state index contributed by atoms with van der Waals surface area (Å²) in [4.78, 5) is 45.7. The first-order valence-electron chi connectivity index (χ1n) is 32.8. The fourth-order valence-corrected chi connectivity index (χ4v) is 14.6. The van der Waals surface area contributed by atoms with Gasteiger partial charge in [-0.15, -0.1) is 30.6 Å². The van der Waals surface area contributed by atoms with E-state index < -0.39 is 15.8 Å². The molecule has 3 fully saturated rings. The van der Waals surface area contributed by atoms with Crippen molar-refractivity contribution in [1.29, 1.82) is 0 Å². The van der Waals surface area contributed by atoms with Gasteiger partial charge in [-0.1, -0.05) is 217 Å². The lowest BCUT2D eigenvalue weighted by atomic mass is 10.1. The van der Waals surface area contributed by atoms with E-state index in [1.807, 2.05) is 182 Å². The maximum absolute atomic E-state index is 13.4. The highest BCUT2D eigenvalue weighted by atomic mass is 35.5. The molecule has 22 nitrogen and oxygen atoms in total. The van der Waals surface area contributed by atoms with E-state index in [2.05, 4.69) is 35.7 Å². The number of fused-ring (bicyclic) bond motifs is 3. The summed E-state index contributed by atoms with van der Waals surface area (Å²) >= 11 is 20.6. The Bertz CT molecular complexity index is 5050. The lowest BCUT2D eigenvalue weighted by Crippen LogP contribution is -2.51. The van der Waals surface area contributed by atoms with Gasteiger partial charge in [0.15, 0.2) is 26.8 Å². The van der Waals surface area contributed by atoms with Crippen molar-refractivity contribution in [2.75, 3.05) is 70.4 Å². The number of hydrogen-bond donors (Lipinski definition) is 1. The van der Waals surface area contributed by atoms with Crippen LogP contribution in [0.2, 0.25) is 15.1 Å². The number of piperazine rings is 1. The highest BCUT2D eigenvalue weighted by Gasteiger charge is 2.32. The van der Waals surface area contributed by atoms with E-state index in [1.54, 1.807) is 24.3 Å². The van der Waals surface area contributed by atoms with Crippen LogP contribution in [0.25, 0.3) is 101 Å². The number of sulfone groups is 1. The number of benzene rings is 6. The molecule has 0 aliphatic carbocycles. The molecule has 1 N–H and O–H groups in total. The van der Waals surface area contributed by atoms with Gasteiger partial charge in [-0.3, -0.25) is 19.3 Å². The number of nitrogens with zero attached hydrogens (tertiary/aromatic N) is 16. The Hall–Kier alpha value is -10.0. The van der Waals surface area contributed by atoms with Crippen molar-refractivity contribution in [2.45, 2.75) is 51.4 Å². The van der Waals surface area contributed by atoms with Gasteiger partial charge in [-0.05, 0) is 12.8 Å². The van der Waals surface area contributed by atoms with Crippen molar-refractivity contribution in [3.63, 3.8) is 0 Å². The highest BCUT2D eigenvalue weighted by Crippen LogP contribution is 2.41. The molecule has 0 spiro atoms. The van der Waals surface area contributed by atoms with E-state index in [-0.39, 0.29) is 74.6 Å². The Morgan fingerprint density at radius 1 is 0.416 bits per heavy atom. The van der Waals surface area contributed by atoms with Crippen LogP contribution in [0.1, 0.15) is 19.8 Å². The predicted octanol–water partition coefficient (Wildman–Crippen LogP) is 11.5. The standard InChI is InChI=1S/C26H25ClF2N6O.C24H22ClN5O2.C23H20ClN5O3S/c1-26(28,29)17-33-12-14-34(15-13-33)20(36)16-35-25-21(23(32-35)18-8-4-2-5-9-18)22(27)24(30-31-25)19-10-6-3-7-11-19;25-21-20-22(16-7-3-1-4-8-16)28-30(15-19(32)29-13-11-18(31)12-14-29)24(20)27-26-23(21)17-9-5-2-6-10-17;24-20-19-21(16-7-3-1-4-8-16)27-29(15-18(30)28-11-13-33(31,32)14-12-28)23(19)26-25-22(20)17-9-5-2-6-10-17/h2-11H,12-17H2,1H3;1-10,18,31H,11-15H2;1-10H,11-15H2. The third-order valence-corrected chi connectivity index (χ3v) is 20.4. The van der Waals surface area contributed by atoms with E-state index >= 15 is 0 Å². The number of likely N-dealkylation sites (tertiary alicyclic amines) is 1. The summed E-state index contributed by atoms with van der Waals surface area (Å²) in [6.07, 6.45) is 0.843. The fourth-order valence-electron chi connectivity index (χ4n) is 12.4. The number of aliphatic hydroxyl groups excluding tert-OH is 1. The van der Waals surface area contributed by atoms with Gasteiger partial charge in [0.2, 0.25) is 17.7 Å². The van der Waals surface area contributed by atoms with Crippen molar-refractivity contribution in [2.24, 2.45) is 0 Å². The Balaban J connectivity index is 0.000000136. The summed E-state index contributed by atoms with van der Waals surface area (Å²) in [5.41, 5.74) is 9.92. The maximum Gasteiger partial charge on any atom is 0.257 e. The van der Waals surface area contributed by atoms with Crippen LogP contribution >= 0.6 is 34.8 Å². The van der Waals surface area contributed by atoms with Gasteiger partial charge in [-0.25, -0.2) is 31.2 Å². The van der Waals surface area contributed by atoms with Crippen LogP contribution in [-0.2, 0) is 43.9 Å². The lowest BCUT2D eigenvalue weighted by molar-refractivity contribution is -0.135. The van der Waals surface area contributed by atoms with Crippen LogP contribution in [0.4, 0.5) is 8.78 Å². The van der Waals surface area contributed by atoms with Crippen LogP contribution in [0.3, 0.4) is 0 Å². The van der Waals surface area contributed by atoms with Crippen molar-refractivity contribution in [3.05, 3.63) is 197 Å². The van der Waals surface area contributed by atoms with Crippen molar-refractivity contribution in [3.8, 4) is 67.5 Å². The second-order valence-electron chi connectivity index (χ2n) is 24.8. The third-order valence-electron chi connectivity index (χ3n) is 17.7. The maximum atomic E-state index is 13.4. The number of aliphatic hydroxyl groups is 1. The Labute approximate surface area is 594 Å². The van der Waals surface area contributed by atoms with Crippen molar-refractivity contribution >= 4 is 95.5 Å². The average Bonchev–Trinajstić information content (AvgIpc) is 1.65. The van der Waals surface area contributed by atoms with Crippen LogP contribution in [0.15, 0.2) is 182 Å². The zero-order valence-electron chi connectivity index (χ0n) is 54.7. The number of carbonyl (C=O) groups is 3. The number of rotatable bonds is 14. The molecule has 0 unspecified atom stereocenters. The molecule has 101 heavy (non-hydrogen) atoms. The molecule has 6 aromatic heterocycles. The number of halogens is 5. The Kier molecular flexibility index (Phi) is 20.9. The molecule has 3 amide bonds. The zero-order chi connectivity index (χ0) is 70.4. The van der Waals surface area contributed by atoms with Crippen LogP contribution < -0.4 is 0 Å². The zero-order valence-corrected chi connectivity index (χ0v) is 57.7. The molecule has 6 aromatic carbocycles. The average molecular weight is 1440 g/mol. The molecule has 3 saturated heterocycles. The van der Waals surface area contributed by atoms with E-state index in [1.165, 1.54) is 9.36 Å². The molecule has 3 aliphatic rings. The summed E-state index contributed by atoms with van der Waals surface area (Å²) in [6.45, 7) is 3.49. The summed E-state index contributed by atoms with van der Waals surface area (Å²) in [5.74, 6) is -3.26. The smallest absolute Gasteiger partial charge is 0.257 e. The number of carbonyl (C=O) groups excluding carboxylic acids is 3. The molecule has 12 aromatic rings. The predicted molar refractivity (Wildman–Crippen MR) is 384 cm³/mol. The largest absolute Gasteiger partial charge is 0.393 e. The second kappa shape index (κ2) is 30.4. The molecule has 0 bridgehead atoms. The van der Waals surface area contributed by atoms with E-state index in [0.717, 1.165) is 40.3 Å². The normalized spacial score (nSPS) is 15.1. The minimum absolute atomic E-state index is 0.0278. The van der Waals surface area contributed by atoms with Crippen LogP contribution in [0, 0.1) is 0 Å². The van der Waals surface area contributed by atoms with Crippen LogP contribution in [0.5, 0.6) is 0 Å². The van der Waals surface area contributed by atoms with Gasteiger partial charge in [-0.2, -0.15) is 15.3 Å². The number of piperidine rings is 1. The first kappa shape index (κ1) is 69.5. The number of hydrogen-bond acceptors (Lipinski definition) is 16. The Morgan fingerprint density at radius 2 is 0.683 bits per heavy atom. The third kappa shape index (κ3) is 15.8. The molecule has 28 heteroatoms. The molecular weight excluding hydrogens is 1370 g/mol. The van der Waals surface area contributed by atoms with E-state index in [4.69, 9.17) is 45.0 Å². The van der Waals surface area contributed by atoms with Gasteiger partial charge in [0.25, 0.3) is 5.92 Å². The molecule has 516 valence electrons. The van der Waals surface area contributed by atoms with Gasteiger partial charge < -0.3 is 19.8 Å². The molecule has 0 atom stereocenters. The lowest BCUT2D eigenvalue weighted by Gasteiger charge is -2.35. The van der Waals surface area contributed by atoms with Crippen LogP contribution in [-0.4, -0.2) is 193 Å². The first-order valence-corrected chi connectivity index (χ1v) is 35.7. The molecule has 15 rings (SSSR count). The van der Waals surface area contributed by atoms with Gasteiger partial charge in [0, 0.05) is 92.7 Å². The summed E-state index contributed by atoms with van der Waals surface area (Å²) in [6, 6.07) is 57.6. The monoisotopic (exact) mass is 1440 g/mol. The molecular formula is C73H67Cl3F2N16O6S. The molecule has 0 saturated carbocycles. The fraction of sp³-hybridized carbons (Fsp3) is 0.260. The number of aromatic nitrogens is 12. The SMILES string of the molecule is CC(F)(F)CN1CCN(C(=O)Cn2nc(-c3ccccc3)c3c(Cl)c(-c4ccccc4)nnc32)CC1.O=C(Cn1nc(-c2ccccc2)c2c(Cl)c(-c3ccccc3)nnc21)N1CCC(O)CC1.O=C(Cn1nc(-c2ccccc2)c2c(Cl)c(-c3ccccc3)nnc21)N1CCS(=O)(=O)CC1. The second-order valence-corrected chi connectivity index (χ2v) is 28.2. The topological polar surface area (TPSA) is 249 Å². The summed E-state index contributed by atoms with van der Waals surface area (Å²) in [7, 11) is -3.08. The summed E-state index contributed by atoms with van der Waals surface area (Å²) < 4.78 is 54.7. The molecule has 0 radical (unpaired) electrons. The highest BCUT2D eigenvalue weighted by molar-refractivity contribution is 7.91. The first-order chi connectivity index (χ1) is 48.8. The van der Waals surface area contributed by atoms with Crippen molar-refractivity contribution in [1.82, 2.24) is 79.5 Å². The molecule has 9 heterocycles. The van der Waals surface area contributed by atoms with Crippen molar-refractivity contribution < 1.29 is 36.7 Å². The van der Waals surface area contributed by atoms with Gasteiger partial charge >= 0.3 is 0 Å².